The maximum Gasteiger partial charge on any atom is 0.240 e. The van der Waals surface area contributed by atoms with E-state index >= 15 is 0 Å². The second-order valence-corrected chi connectivity index (χ2v) is 10.7. The Balaban J connectivity index is 1.11. The number of ether oxygens (including phenoxy) is 2. The van der Waals surface area contributed by atoms with E-state index in [-0.39, 0.29) is 17.6 Å². The van der Waals surface area contributed by atoms with Crippen LogP contribution in [0.5, 0.6) is 11.5 Å². The summed E-state index contributed by atoms with van der Waals surface area (Å²) >= 11 is 7.47. The van der Waals surface area contributed by atoms with E-state index < -0.39 is 0 Å². The fourth-order valence-electron chi connectivity index (χ4n) is 5.18. The van der Waals surface area contributed by atoms with Crippen molar-refractivity contribution in [2.75, 3.05) is 39.2 Å². The maximum absolute atomic E-state index is 13.0. The lowest BCUT2D eigenvalue weighted by Crippen LogP contribution is -2.39. The van der Waals surface area contributed by atoms with Crippen molar-refractivity contribution < 1.29 is 19.1 Å². The summed E-state index contributed by atoms with van der Waals surface area (Å²) in [5, 5.41) is 4.17. The molecule has 1 aliphatic carbocycles. The number of nitrogens with zero attached hydrogens (tertiary/aromatic N) is 2. The number of amides is 1. The molecule has 1 unspecified atom stereocenters. The number of benzene rings is 2. The highest BCUT2D eigenvalue weighted by atomic mass is 35.5. The minimum atomic E-state index is -0.0575. The molecule has 1 amide bonds. The number of piperidine rings is 1. The van der Waals surface area contributed by atoms with E-state index in [9.17, 15) is 9.59 Å². The highest BCUT2D eigenvalue weighted by molar-refractivity contribution is 7.22. The van der Waals surface area contributed by atoms with Crippen molar-refractivity contribution in [1.82, 2.24) is 9.88 Å². The van der Waals surface area contributed by atoms with Crippen LogP contribution in [0.4, 0.5) is 5.13 Å². The van der Waals surface area contributed by atoms with Crippen LogP contribution < -0.4 is 14.8 Å². The molecule has 35 heavy (non-hydrogen) atoms. The standard InChI is InChI=1S/C26H28ClN3O4S/c1-33-21-11-16-10-17(25(32)19(16)13-22(21)34-2)9-15-5-7-30(8-6-15)14-24(31)29-26-28-20-4-3-18(27)12-23(20)35-26/h3-4,11-13,15,17H,5-10,14H2,1-2H3,(H,28,29,31). The number of thiazole rings is 1. The van der Waals surface area contributed by atoms with Crippen LogP contribution in [0.25, 0.3) is 10.2 Å². The molecule has 0 radical (unpaired) electrons. The second-order valence-electron chi connectivity index (χ2n) is 9.26. The average Bonchev–Trinajstić information content (AvgIpc) is 3.38. The molecule has 0 spiro atoms. The van der Waals surface area contributed by atoms with E-state index in [4.69, 9.17) is 21.1 Å². The highest BCUT2D eigenvalue weighted by Gasteiger charge is 2.34. The van der Waals surface area contributed by atoms with Gasteiger partial charge in [0, 0.05) is 16.5 Å². The topological polar surface area (TPSA) is 80.8 Å². The number of likely N-dealkylation sites (tertiary alicyclic amines) is 1. The second kappa shape index (κ2) is 10.1. The van der Waals surface area contributed by atoms with E-state index in [0.717, 1.165) is 60.1 Å². The summed E-state index contributed by atoms with van der Waals surface area (Å²) in [7, 11) is 3.20. The molecule has 5 rings (SSSR count). The minimum Gasteiger partial charge on any atom is -0.493 e. The number of ketones is 1. The molecular weight excluding hydrogens is 486 g/mol. The van der Waals surface area contributed by atoms with Gasteiger partial charge in [-0.25, -0.2) is 4.98 Å². The molecule has 1 atom stereocenters. The molecule has 1 fully saturated rings. The molecule has 1 saturated heterocycles. The summed E-state index contributed by atoms with van der Waals surface area (Å²) in [4.78, 5) is 32.3. The van der Waals surface area contributed by atoms with Crippen molar-refractivity contribution in [1.29, 1.82) is 0 Å². The van der Waals surface area contributed by atoms with Crippen LogP contribution in [0.2, 0.25) is 5.02 Å². The molecule has 0 bridgehead atoms. The third-order valence-corrected chi connectivity index (χ3v) is 8.17. The van der Waals surface area contributed by atoms with Crippen molar-refractivity contribution in [3.05, 3.63) is 46.5 Å². The third-order valence-electron chi connectivity index (χ3n) is 7.00. The van der Waals surface area contributed by atoms with Gasteiger partial charge in [-0.1, -0.05) is 22.9 Å². The first kappa shape index (κ1) is 24.0. The number of nitrogens with one attached hydrogen (secondary N) is 1. The Morgan fingerprint density at radius 1 is 1.17 bits per heavy atom. The van der Waals surface area contributed by atoms with Gasteiger partial charge in [-0.05, 0) is 80.6 Å². The van der Waals surface area contributed by atoms with Gasteiger partial charge in [0.15, 0.2) is 22.4 Å². The number of hydrogen-bond donors (Lipinski definition) is 1. The number of carbonyl (C=O) groups excluding carboxylic acids is 2. The van der Waals surface area contributed by atoms with E-state index in [1.807, 2.05) is 24.3 Å². The van der Waals surface area contributed by atoms with Gasteiger partial charge in [-0.2, -0.15) is 0 Å². The number of fused-ring (bicyclic) bond motifs is 2. The van der Waals surface area contributed by atoms with Gasteiger partial charge in [0.05, 0.1) is 31.0 Å². The van der Waals surface area contributed by atoms with E-state index in [1.165, 1.54) is 11.3 Å². The summed E-state index contributed by atoms with van der Waals surface area (Å²) in [6, 6.07) is 9.26. The van der Waals surface area contributed by atoms with Crippen LogP contribution in [-0.4, -0.2) is 55.4 Å². The number of Topliss-reactive ketones (excluding diaryl/α,β-unsaturated/α-hetero) is 1. The number of carbonyl (C=O) groups is 2. The van der Waals surface area contributed by atoms with Gasteiger partial charge in [0.1, 0.15) is 0 Å². The Hall–Kier alpha value is -2.68. The van der Waals surface area contributed by atoms with Crippen LogP contribution in [-0.2, 0) is 11.2 Å². The summed E-state index contributed by atoms with van der Waals surface area (Å²) in [6.07, 6.45) is 3.61. The van der Waals surface area contributed by atoms with Crippen molar-refractivity contribution in [3.8, 4) is 11.5 Å². The Bertz CT molecular complexity index is 1270. The van der Waals surface area contributed by atoms with Crippen LogP contribution in [0.3, 0.4) is 0 Å². The summed E-state index contributed by atoms with van der Waals surface area (Å²) < 4.78 is 11.7. The molecule has 3 aromatic rings. The normalized spacial score (nSPS) is 18.6. The fraction of sp³-hybridized carbons (Fsp3) is 0.423. The number of aromatic nitrogens is 1. The van der Waals surface area contributed by atoms with Crippen molar-refractivity contribution in [2.24, 2.45) is 11.8 Å². The number of rotatable bonds is 7. The summed E-state index contributed by atoms with van der Waals surface area (Å²) in [5.41, 5.74) is 2.64. The smallest absolute Gasteiger partial charge is 0.240 e. The summed E-state index contributed by atoms with van der Waals surface area (Å²) in [5.74, 6) is 1.91. The Labute approximate surface area is 213 Å². The van der Waals surface area contributed by atoms with Gasteiger partial charge >= 0.3 is 0 Å². The predicted octanol–water partition coefficient (Wildman–Crippen LogP) is 5.06. The Kier molecular flexibility index (Phi) is 6.95. The lowest BCUT2D eigenvalue weighted by atomic mass is 9.85. The molecule has 2 aromatic carbocycles. The average molecular weight is 514 g/mol. The first-order valence-electron chi connectivity index (χ1n) is 11.8. The molecule has 1 aromatic heterocycles. The van der Waals surface area contributed by atoms with Gasteiger partial charge in [-0.3, -0.25) is 14.5 Å². The highest BCUT2D eigenvalue weighted by Crippen LogP contribution is 2.39. The van der Waals surface area contributed by atoms with Crippen molar-refractivity contribution in [3.63, 3.8) is 0 Å². The van der Waals surface area contributed by atoms with Crippen LogP contribution in [0.1, 0.15) is 35.2 Å². The quantitative estimate of drug-likeness (QED) is 0.475. The zero-order chi connectivity index (χ0) is 24.5. The molecule has 1 N–H and O–H groups in total. The molecular formula is C26H28ClN3O4S. The SMILES string of the molecule is COc1cc2c(cc1OC)C(=O)C(CC1CCN(CC(=O)Nc3nc4ccc(Cl)cc4s3)CC1)C2. The number of hydrogen-bond acceptors (Lipinski definition) is 7. The van der Waals surface area contributed by atoms with Gasteiger partial charge in [0.2, 0.25) is 5.91 Å². The lowest BCUT2D eigenvalue weighted by Gasteiger charge is -2.32. The van der Waals surface area contributed by atoms with E-state index in [2.05, 4.69) is 15.2 Å². The fourth-order valence-corrected chi connectivity index (χ4v) is 6.34. The lowest BCUT2D eigenvalue weighted by molar-refractivity contribution is -0.117. The van der Waals surface area contributed by atoms with E-state index in [0.29, 0.717) is 34.1 Å². The molecule has 9 heteroatoms. The largest absolute Gasteiger partial charge is 0.493 e. The molecule has 1 aliphatic heterocycles. The zero-order valence-corrected chi connectivity index (χ0v) is 21.4. The first-order chi connectivity index (χ1) is 16.9. The minimum absolute atomic E-state index is 0.00852. The molecule has 184 valence electrons. The van der Waals surface area contributed by atoms with E-state index in [1.54, 1.807) is 20.3 Å². The molecule has 7 nitrogen and oxygen atoms in total. The molecule has 2 aliphatic rings. The van der Waals surface area contributed by atoms with Crippen molar-refractivity contribution in [2.45, 2.75) is 25.7 Å². The maximum atomic E-state index is 13.0. The predicted molar refractivity (Wildman–Crippen MR) is 138 cm³/mol. The van der Waals surface area contributed by atoms with Gasteiger partial charge in [0.25, 0.3) is 0 Å². The Morgan fingerprint density at radius 3 is 2.66 bits per heavy atom. The first-order valence-corrected chi connectivity index (χ1v) is 13.0. The zero-order valence-electron chi connectivity index (χ0n) is 19.8. The van der Waals surface area contributed by atoms with Crippen LogP contribution in [0, 0.1) is 11.8 Å². The summed E-state index contributed by atoms with van der Waals surface area (Å²) in [6.45, 7) is 2.04. The monoisotopic (exact) mass is 513 g/mol. The molecule has 0 saturated carbocycles. The molecule has 2 heterocycles. The van der Waals surface area contributed by atoms with Crippen LogP contribution >= 0.6 is 22.9 Å². The van der Waals surface area contributed by atoms with Crippen LogP contribution in [0.15, 0.2) is 30.3 Å². The number of halogens is 1. The van der Waals surface area contributed by atoms with Gasteiger partial charge in [-0.15, -0.1) is 0 Å². The third kappa shape index (κ3) is 5.15. The van der Waals surface area contributed by atoms with Crippen molar-refractivity contribution >= 4 is 50.0 Å². The number of methoxy groups -OCH3 is 2. The Morgan fingerprint density at radius 2 is 1.91 bits per heavy atom. The number of anilines is 1. The van der Waals surface area contributed by atoms with Gasteiger partial charge < -0.3 is 14.8 Å².